The van der Waals surface area contributed by atoms with Crippen LogP contribution in [-0.2, 0) is 9.59 Å². The number of nitrogens with two attached hydrogens (primary N) is 1. The van der Waals surface area contributed by atoms with Crippen LogP contribution in [0.25, 0.3) is 0 Å². The minimum Gasteiger partial charge on any atom is -0.342 e. The first-order chi connectivity index (χ1) is 10.1. The lowest BCUT2D eigenvalue weighted by Crippen LogP contribution is -2.48. The minimum atomic E-state index is 0. The topological polar surface area (TPSA) is 66.6 Å². The number of piperidine rings is 1. The Labute approximate surface area is 139 Å². The molecule has 1 saturated carbocycles. The molecule has 2 amide bonds. The van der Waals surface area contributed by atoms with Gasteiger partial charge in [-0.15, -0.1) is 12.4 Å². The standard InChI is InChI=1S/C16H27N3O2.ClH/c1-11-7-12(8-17)9-19(11)16(21)14-3-2-6-18(10-14)15(20)13-4-5-13;/h11-14H,2-10,17H2,1H3;1H. The molecule has 0 aromatic heterocycles. The zero-order valence-electron chi connectivity index (χ0n) is 13.4. The molecule has 3 atom stereocenters. The quantitative estimate of drug-likeness (QED) is 0.847. The van der Waals surface area contributed by atoms with Gasteiger partial charge in [-0.1, -0.05) is 0 Å². The second-order valence-corrected chi connectivity index (χ2v) is 7.07. The molecule has 5 nitrogen and oxygen atoms in total. The Hall–Kier alpha value is -0.810. The Balaban J connectivity index is 0.00000176. The average molecular weight is 330 g/mol. The van der Waals surface area contributed by atoms with E-state index in [2.05, 4.69) is 6.92 Å². The van der Waals surface area contributed by atoms with Gasteiger partial charge in [0.25, 0.3) is 0 Å². The third-order valence-electron chi connectivity index (χ3n) is 5.29. The normalized spacial score (nSPS) is 31.8. The lowest BCUT2D eigenvalue weighted by molar-refractivity contribution is -0.141. The molecule has 2 heterocycles. The van der Waals surface area contributed by atoms with E-state index < -0.39 is 0 Å². The van der Waals surface area contributed by atoms with Crippen molar-refractivity contribution in [2.45, 2.75) is 45.1 Å². The second kappa shape index (κ2) is 7.18. The van der Waals surface area contributed by atoms with Crippen molar-refractivity contribution >= 4 is 24.2 Å². The first kappa shape index (κ1) is 17.5. The Morgan fingerprint density at radius 1 is 1.09 bits per heavy atom. The highest BCUT2D eigenvalue weighted by Gasteiger charge is 2.40. The summed E-state index contributed by atoms with van der Waals surface area (Å²) in [4.78, 5) is 28.9. The van der Waals surface area contributed by atoms with Crippen molar-refractivity contribution in [1.82, 2.24) is 9.80 Å². The van der Waals surface area contributed by atoms with E-state index in [0.29, 0.717) is 25.0 Å². The number of amides is 2. The van der Waals surface area contributed by atoms with Crippen LogP contribution < -0.4 is 5.73 Å². The van der Waals surface area contributed by atoms with Crippen LogP contribution in [0.3, 0.4) is 0 Å². The van der Waals surface area contributed by atoms with E-state index in [0.717, 1.165) is 45.2 Å². The summed E-state index contributed by atoms with van der Waals surface area (Å²) in [5.41, 5.74) is 5.75. The van der Waals surface area contributed by atoms with Crippen LogP contribution in [0.15, 0.2) is 0 Å². The average Bonchev–Trinajstić information content (AvgIpc) is 3.28. The zero-order chi connectivity index (χ0) is 15.0. The van der Waals surface area contributed by atoms with Crippen molar-refractivity contribution in [2.24, 2.45) is 23.5 Å². The molecule has 0 radical (unpaired) electrons. The molecule has 2 aliphatic heterocycles. The fraction of sp³-hybridized carbons (Fsp3) is 0.875. The molecule has 2 saturated heterocycles. The molecule has 3 rings (SSSR count). The maximum atomic E-state index is 12.8. The van der Waals surface area contributed by atoms with E-state index in [1.165, 1.54) is 0 Å². The van der Waals surface area contributed by atoms with Crippen molar-refractivity contribution in [3.05, 3.63) is 0 Å². The van der Waals surface area contributed by atoms with Crippen LogP contribution in [0.4, 0.5) is 0 Å². The number of likely N-dealkylation sites (tertiary alicyclic amines) is 2. The van der Waals surface area contributed by atoms with Gasteiger partial charge in [0.05, 0.1) is 5.92 Å². The molecule has 126 valence electrons. The fourth-order valence-electron chi connectivity index (χ4n) is 3.82. The molecular formula is C16H28ClN3O2. The van der Waals surface area contributed by atoms with Crippen LogP contribution in [0.2, 0.25) is 0 Å². The predicted octanol–water partition coefficient (Wildman–Crippen LogP) is 1.25. The summed E-state index contributed by atoms with van der Waals surface area (Å²) in [5, 5.41) is 0. The van der Waals surface area contributed by atoms with Crippen LogP contribution in [-0.4, -0.2) is 53.8 Å². The number of carbonyl (C=O) groups is 2. The fourth-order valence-corrected chi connectivity index (χ4v) is 3.82. The van der Waals surface area contributed by atoms with Gasteiger partial charge in [-0.2, -0.15) is 0 Å². The Kier molecular flexibility index (Phi) is 5.72. The third-order valence-corrected chi connectivity index (χ3v) is 5.29. The number of halogens is 1. The first-order valence-corrected chi connectivity index (χ1v) is 8.39. The van der Waals surface area contributed by atoms with E-state index in [1.807, 2.05) is 9.80 Å². The van der Waals surface area contributed by atoms with Gasteiger partial charge in [0.1, 0.15) is 0 Å². The molecule has 0 aromatic rings. The molecule has 3 unspecified atom stereocenters. The summed E-state index contributed by atoms with van der Waals surface area (Å²) in [6.07, 6.45) is 4.96. The molecule has 22 heavy (non-hydrogen) atoms. The number of rotatable bonds is 3. The number of carbonyl (C=O) groups excluding carboxylic acids is 2. The van der Waals surface area contributed by atoms with E-state index in [4.69, 9.17) is 5.73 Å². The monoisotopic (exact) mass is 329 g/mol. The Morgan fingerprint density at radius 2 is 1.82 bits per heavy atom. The van der Waals surface area contributed by atoms with Crippen LogP contribution >= 0.6 is 12.4 Å². The van der Waals surface area contributed by atoms with Crippen molar-refractivity contribution in [3.8, 4) is 0 Å². The number of hydrogen-bond acceptors (Lipinski definition) is 3. The van der Waals surface area contributed by atoms with Crippen molar-refractivity contribution < 1.29 is 9.59 Å². The third kappa shape index (κ3) is 3.57. The molecule has 6 heteroatoms. The number of nitrogens with zero attached hydrogens (tertiary/aromatic N) is 2. The summed E-state index contributed by atoms with van der Waals surface area (Å²) in [6, 6.07) is 0.292. The van der Waals surface area contributed by atoms with Gasteiger partial charge in [0, 0.05) is 31.6 Å². The van der Waals surface area contributed by atoms with E-state index >= 15 is 0 Å². The molecule has 0 spiro atoms. The van der Waals surface area contributed by atoms with E-state index in [-0.39, 0.29) is 36.1 Å². The van der Waals surface area contributed by atoms with Gasteiger partial charge in [0.15, 0.2) is 0 Å². The lowest BCUT2D eigenvalue weighted by atomic mass is 9.96. The van der Waals surface area contributed by atoms with Crippen molar-refractivity contribution in [2.75, 3.05) is 26.2 Å². The largest absolute Gasteiger partial charge is 0.342 e. The second-order valence-electron chi connectivity index (χ2n) is 7.07. The van der Waals surface area contributed by atoms with Crippen LogP contribution in [0, 0.1) is 17.8 Å². The smallest absolute Gasteiger partial charge is 0.227 e. The lowest BCUT2D eigenvalue weighted by Gasteiger charge is -2.35. The molecule has 3 aliphatic rings. The highest BCUT2D eigenvalue weighted by atomic mass is 35.5. The van der Waals surface area contributed by atoms with E-state index in [1.54, 1.807) is 0 Å². The molecule has 2 N–H and O–H groups in total. The highest BCUT2D eigenvalue weighted by Crippen LogP contribution is 2.33. The number of hydrogen-bond donors (Lipinski definition) is 1. The molecule has 1 aliphatic carbocycles. The molecular weight excluding hydrogens is 302 g/mol. The highest BCUT2D eigenvalue weighted by molar-refractivity contribution is 5.85. The molecule has 0 aromatic carbocycles. The molecule has 0 bridgehead atoms. The van der Waals surface area contributed by atoms with Gasteiger partial charge in [-0.25, -0.2) is 0 Å². The van der Waals surface area contributed by atoms with Gasteiger partial charge < -0.3 is 15.5 Å². The van der Waals surface area contributed by atoms with Crippen LogP contribution in [0.1, 0.15) is 39.0 Å². The summed E-state index contributed by atoms with van der Waals surface area (Å²) in [6.45, 7) is 5.03. The summed E-state index contributed by atoms with van der Waals surface area (Å²) >= 11 is 0. The Morgan fingerprint density at radius 3 is 2.41 bits per heavy atom. The summed E-state index contributed by atoms with van der Waals surface area (Å²) < 4.78 is 0. The van der Waals surface area contributed by atoms with Crippen molar-refractivity contribution in [3.63, 3.8) is 0 Å². The van der Waals surface area contributed by atoms with Crippen LogP contribution in [0.5, 0.6) is 0 Å². The summed E-state index contributed by atoms with van der Waals surface area (Å²) in [7, 11) is 0. The minimum absolute atomic E-state index is 0. The van der Waals surface area contributed by atoms with Gasteiger partial charge in [-0.3, -0.25) is 9.59 Å². The van der Waals surface area contributed by atoms with Gasteiger partial charge >= 0.3 is 0 Å². The SMILES string of the molecule is CC1CC(CN)CN1C(=O)C1CCCN(C(=O)C2CC2)C1.Cl. The maximum Gasteiger partial charge on any atom is 0.227 e. The van der Waals surface area contributed by atoms with Crippen molar-refractivity contribution in [1.29, 1.82) is 0 Å². The first-order valence-electron chi connectivity index (χ1n) is 8.39. The predicted molar refractivity (Wildman–Crippen MR) is 87.6 cm³/mol. The Bertz CT molecular complexity index is 428. The molecule has 3 fully saturated rings. The zero-order valence-corrected chi connectivity index (χ0v) is 14.2. The van der Waals surface area contributed by atoms with E-state index in [9.17, 15) is 9.59 Å². The maximum absolute atomic E-state index is 12.8. The summed E-state index contributed by atoms with van der Waals surface area (Å²) in [5.74, 6) is 1.22. The van der Waals surface area contributed by atoms with Gasteiger partial charge in [-0.05, 0) is 51.5 Å². The van der Waals surface area contributed by atoms with Gasteiger partial charge in [0.2, 0.25) is 11.8 Å².